The van der Waals surface area contributed by atoms with Crippen molar-refractivity contribution < 1.29 is 27.3 Å². The molecule has 2 unspecified atom stereocenters. The van der Waals surface area contributed by atoms with Crippen LogP contribution in [-0.4, -0.2) is 49.3 Å². The summed E-state index contributed by atoms with van der Waals surface area (Å²) in [6.45, 7) is 1.63. The Kier molecular flexibility index (Phi) is 7.38. The SMILES string of the molecule is C#CCOCCN1C=C[NH+](C)C1C=NO.[Cl-]. The van der Waals surface area contributed by atoms with Gasteiger partial charge >= 0.3 is 0 Å². The quantitative estimate of drug-likeness (QED) is 0.170. The molecule has 5 nitrogen and oxygen atoms in total. The maximum atomic E-state index is 8.52. The van der Waals surface area contributed by atoms with Gasteiger partial charge < -0.3 is 27.3 Å². The zero-order chi connectivity index (χ0) is 11.1. The molecule has 0 radical (unpaired) electrons. The Morgan fingerprint density at radius 2 is 2.50 bits per heavy atom. The van der Waals surface area contributed by atoms with Crippen LogP contribution in [0.5, 0.6) is 0 Å². The monoisotopic (exact) mass is 245 g/mol. The van der Waals surface area contributed by atoms with Crippen LogP contribution in [0.25, 0.3) is 0 Å². The van der Waals surface area contributed by atoms with Crippen molar-refractivity contribution in [3.63, 3.8) is 0 Å². The van der Waals surface area contributed by atoms with Gasteiger partial charge in [-0.15, -0.1) is 6.42 Å². The van der Waals surface area contributed by atoms with Crippen LogP contribution in [-0.2, 0) is 4.74 Å². The lowest BCUT2D eigenvalue weighted by molar-refractivity contribution is -0.843. The zero-order valence-electron chi connectivity index (χ0n) is 9.14. The van der Waals surface area contributed by atoms with Gasteiger partial charge in [-0.3, -0.25) is 4.90 Å². The minimum atomic E-state index is 0. The molecular formula is C10H16ClN3O2. The molecule has 0 aromatic carbocycles. The van der Waals surface area contributed by atoms with Gasteiger partial charge in [-0.1, -0.05) is 11.1 Å². The van der Waals surface area contributed by atoms with E-state index in [-0.39, 0.29) is 18.6 Å². The molecule has 16 heavy (non-hydrogen) atoms. The standard InChI is InChI=1S/C10H15N3O2.ClH/c1-3-7-15-8-6-13-5-4-12(2)10(13)9-11-14;/h1,4-5,9-10,14H,6-8H2,2H3;1H. The van der Waals surface area contributed by atoms with E-state index in [4.69, 9.17) is 16.4 Å². The van der Waals surface area contributed by atoms with Gasteiger partial charge in [0.2, 0.25) is 6.17 Å². The summed E-state index contributed by atoms with van der Waals surface area (Å²) in [5, 5.41) is 11.6. The molecule has 1 heterocycles. The van der Waals surface area contributed by atoms with Crippen LogP contribution in [0.15, 0.2) is 17.6 Å². The summed E-state index contributed by atoms with van der Waals surface area (Å²) in [5.74, 6) is 2.41. The summed E-state index contributed by atoms with van der Waals surface area (Å²) in [6.07, 6.45) is 10.5. The molecule has 1 aliphatic rings. The van der Waals surface area contributed by atoms with Gasteiger partial charge in [-0.2, -0.15) is 0 Å². The molecule has 0 saturated heterocycles. The van der Waals surface area contributed by atoms with Crippen molar-refractivity contribution in [3.05, 3.63) is 12.4 Å². The van der Waals surface area contributed by atoms with E-state index in [0.717, 1.165) is 11.4 Å². The van der Waals surface area contributed by atoms with Gasteiger partial charge in [0, 0.05) is 6.54 Å². The Bertz CT molecular complexity index is 288. The Hall–Kier alpha value is -1.22. The molecular weight excluding hydrogens is 230 g/mol. The first kappa shape index (κ1) is 14.8. The second kappa shape index (κ2) is 7.99. The van der Waals surface area contributed by atoms with Crippen molar-refractivity contribution in [2.24, 2.45) is 5.16 Å². The van der Waals surface area contributed by atoms with Crippen LogP contribution in [0.2, 0.25) is 0 Å². The summed E-state index contributed by atoms with van der Waals surface area (Å²) in [7, 11) is 1.99. The molecule has 0 aromatic rings. The van der Waals surface area contributed by atoms with Crippen molar-refractivity contribution in [1.82, 2.24) is 4.90 Å². The first-order valence-electron chi connectivity index (χ1n) is 4.75. The van der Waals surface area contributed by atoms with Crippen molar-refractivity contribution >= 4 is 6.21 Å². The van der Waals surface area contributed by atoms with E-state index >= 15 is 0 Å². The van der Waals surface area contributed by atoms with Gasteiger partial charge in [-0.25, -0.2) is 0 Å². The number of rotatable bonds is 5. The van der Waals surface area contributed by atoms with Crippen LogP contribution in [0.4, 0.5) is 0 Å². The van der Waals surface area contributed by atoms with E-state index in [1.165, 1.54) is 6.21 Å². The maximum Gasteiger partial charge on any atom is 0.207 e. The molecule has 1 rings (SSSR count). The molecule has 0 aromatic heterocycles. The molecule has 0 fully saturated rings. The van der Waals surface area contributed by atoms with Crippen LogP contribution in [0.3, 0.4) is 0 Å². The number of quaternary nitrogens is 1. The number of nitrogens with one attached hydrogen (secondary N) is 1. The second-order valence-electron chi connectivity index (χ2n) is 3.26. The number of halogens is 1. The average Bonchev–Trinajstić information content (AvgIpc) is 2.57. The fraction of sp³-hybridized carbons (Fsp3) is 0.500. The molecule has 1 aliphatic heterocycles. The number of oxime groups is 1. The van der Waals surface area contributed by atoms with Crippen molar-refractivity contribution in [2.45, 2.75) is 6.17 Å². The highest BCUT2D eigenvalue weighted by Crippen LogP contribution is 1.97. The van der Waals surface area contributed by atoms with E-state index in [1.54, 1.807) is 0 Å². The Labute approximate surface area is 102 Å². The minimum absolute atomic E-state index is 0. The molecule has 0 bridgehead atoms. The largest absolute Gasteiger partial charge is 1.00 e. The summed E-state index contributed by atoms with van der Waals surface area (Å²) >= 11 is 0. The van der Waals surface area contributed by atoms with Crippen molar-refractivity contribution in [1.29, 1.82) is 0 Å². The number of hydrogen-bond donors (Lipinski definition) is 2. The normalized spacial score (nSPS) is 23.4. The van der Waals surface area contributed by atoms with Gasteiger partial charge in [0.05, 0.1) is 19.9 Å². The Morgan fingerprint density at radius 3 is 3.12 bits per heavy atom. The summed E-state index contributed by atoms with van der Waals surface area (Å²) < 4.78 is 5.18. The number of terminal acetylenes is 1. The third-order valence-electron chi connectivity index (χ3n) is 2.24. The highest BCUT2D eigenvalue weighted by Gasteiger charge is 2.26. The van der Waals surface area contributed by atoms with Crippen molar-refractivity contribution in [2.75, 3.05) is 26.8 Å². The fourth-order valence-corrected chi connectivity index (χ4v) is 1.45. The Balaban J connectivity index is 0.00000225. The molecule has 90 valence electrons. The van der Waals surface area contributed by atoms with Crippen LogP contribution in [0, 0.1) is 12.3 Å². The molecule has 2 N–H and O–H groups in total. The molecule has 6 heteroatoms. The lowest BCUT2D eigenvalue weighted by Crippen LogP contribution is -3.09. The summed E-state index contributed by atoms with van der Waals surface area (Å²) in [4.78, 5) is 3.18. The van der Waals surface area contributed by atoms with Crippen LogP contribution >= 0.6 is 0 Å². The minimum Gasteiger partial charge on any atom is -1.00 e. The van der Waals surface area contributed by atoms with E-state index in [1.807, 2.05) is 24.3 Å². The first-order valence-corrected chi connectivity index (χ1v) is 4.75. The zero-order valence-corrected chi connectivity index (χ0v) is 9.89. The first-order chi connectivity index (χ1) is 7.29. The van der Waals surface area contributed by atoms with Gasteiger partial charge in [0.15, 0.2) is 0 Å². The molecule has 0 saturated carbocycles. The molecule has 0 aliphatic carbocycles. The fourth-order valence-electron chi connectivity index (χ4n) is 1.45. The second-order valence-corrected chi connectivity index (χ2v) is 3.26. The van der Waals surface area contributed by atoms with Gasteiger partial charge in [-0.05, 0) is 0 Å². The van der Waals surface area contributed by atoms with Gasteiger partial charge in [0.1, 0.15) is 19.0 Å². The highest BCUT2D eigenvalue weighted by atomic mass is 35.5. The van der Waals surface area contributed by atoms with E-state index in [0.29, 0.717) is 13.2 Å². The lowest BCUT2D eigenvalue weighted by atomic mass is 10.4. The maximum absolute atomic E-state index is 8.52. The van der Waals surface area contributed by atoms with E-state index in [2.05, 4.69) is 11.1 Å². The smallest absolute Gasteiger partial charge is 0.207 e. The third-order valence-corrected chi connectivity index (χ3v) is 2.24. The van der Waals surface area contributed by atoms with E-state index < -0.39 is 0 Å². The lowest BCUT2D eigenvalue weighted by Gasteiger charge is -2.22. The molecule has 0 spiro atoms. The predicted octanol–water partition coefficient (Wildman–Crippen LogP) is -4.27. The van der Waals surface area contributed by atoms with Crippen LogP contribution < -0.4 is 17.3 Å². The molecule has 2 atom stereocenters. The highest BCUT2D eigenvalue weighted by molar-refractivity contribution is 5.61. The number of ether oxygens (including phenoxy) is 1. The third kappa shape index (κ3) is 4.11. The molecule has 0 amide bonds. The number of hydrogen-bond acceptors (Lipinski definition) is 4. The summed E-state index contributed by atoms with van der Waals surface area (Å²) in [5.41, 5.74) is 0. The van der Waals surface area contributed by atoms with Crippen molar-refractivity contribution in [3.8, 4) is 12.3 Å². The van der Waals surface area contributed by atoms with Gasteiger partial charge in [0.25, 0.3) is 0 Å². The van der Waals surface area contributed by atoms with Crippen LogP contribution in [0.1, 0.15) is 0 Å². The summed E-state index contributed by atoms with van der Waals surface area (Å²) in [6, 6.07) is 0. The Morgan fingerprint density at radius 1 is 1.75 bits per heavy atom. The predicted molar refractivity (Wildman–Crippen MR) is 56.5 cm³/mol. The number of nitrogens with zero attached hydrogens (tertiary/aromatic N) is 2. The topological polar surface area (TPSA) is 49.5 Å². The average molecular weight is 246 g/mol. The van der Waals surface area contributed by atoms with E-state index in [9.17, 15) is 0 Å².